The fourth-order valence-corrected chi connectivity index (χ4v) is 4.91. The van der Waals surface area contributed by atoms with Crippen molar-refractivity contribution in [1.29, 1.82) is 0 Å². The number of rotatable bonds is 7. The Morgan fingerprint density at radius 2 is 1.92 bits per heavy atom. The van der Waals surface area contributed by atoms with Gasteiger partial charge in [-0.3, -0.25) is 9.69 Å². The minimum atomic E-state index is 0.0422. The highest BCUT2D eigenvalue weighted by atomic mass is 32.1. The maximum absolute atomic E-state index is 13.1. The van der Waals surface area contributed by atoms with Crippen LogP contribution in [0.5, 0.6) is 0 Å². The average molecular weight is 388 g/mol. The molecule has 0 bridgehead atoms. The molecule has 0 saturated heterocycles. The quantitative estimate of drug-likeness (QED) is 0.575. The van der Waals surface area contributed by atoms with Crippen LogP contribution in [0.4, 0.5) is 5.13 Å². The Labute approximate surface area is 163 Å². The normalized spacial score (nSPS) is 11.4. The number of anilines is 1. The fourth-order valence-electron chi connectivity index (χ4n) is 3.07. The molecule has 0 aliphatic heterocycles. The molecule has 0 N–H and O–H groups in total. The highest BCUT2D eigenvalue weighted by molar-refractivity contribution is 7.22. The molecule has 138 valence electrons. The molecule has 0 fully saturated rings. The largest absolute Gasteiger partial charge is 0.302 e. The van der Waals surface area contributed by atoms with Gasteiger partial charge in [0.1, 0.15) is 0 Å². The molecule has 6 heteroatoms. The van der Waals surface area contributed by atoms with Crippen LogP contribution in [0.15, 0.2) is 29.6 Å². The summed E-state index contributed by atoms with van der Waals surface area (Å²) in [5.41, 5.74) is 3.39. The molecule has 2 aromatic heterocycles. The number of carbonyl (C=O) groups excluding carboxylic acids is 1. The summed E-state index contributed by atoms with van der Waals surface area (Å²) >= 11 is 3.09. The van der Waals surface area contributed by atoms with Crippen molar-refractivity contribution in [2.45, 2.75) is 27.7 Å². The summed E-state index contributed by atoms with van der Waals surface area (Å²) in [6, 6.07) is 8.11. The van der Waals surface area contributed by atoms with E-state index in [1.54, 1.807) is 11.3 Å². The fraction of sp³-hybridized carbons (Fsp3) is 0.400. The van der Waals surface area contributed by atoms with Gasteiger partial charge in [0.25, 0.3) is 5.91 Å². The summed E-state index contributed by atoms with van der Waals surface area (Å²) in [5, 5.41) is 2.74. The first-order valence-corrected chi connectivity index (χ1v) is 10.7. The van der Waals surface area contributed by atoms with Gasteiger partial charge in [-0.05, 0) is 55.6 Å². The van der Waals surface area contributed by atoms with Gasteiger partial charge in [-0.15, -0.1) is 11.3 Å². The van der Waals surface area contributed by atoms with E-state index in [4.69, 9.17) is 4.98 Å². The van der Waals surface area contributed by atoms with E-state index < -0.39 is 0 Å². The summed E-state index contributed by atoms with van der Waals surface area (Å²) in [4.78, 5) is 22.9. The van der Waals surface area contributed by atoms with Crippen molar-refractivity contribution in [2.24, 2.45) is 0 Å². The standard InChI is InChI=1S/C20H25N3OS2/c1-5-22(6-2)9-10-23(19(24)16-8-7-11-25-16)20-21-18-15(4)12-14(3)13-17(18)26-20/h7-8,11-13H,5-6,9-10H2,1-4H3. The third kappa shape index (κ3) is 3.98. The van der Waals surface area contributed by atoms with Crippen LogP contribution in [0.2, 0.25) is 0 Å². The second-order valence-electron chi connectivity index (χ2n) is 6.39. The number of fused-ring (bicyclic) bond motifs is 1. The highest BCUT2D eigenvalue weighted by Crippen LogP contribution is 2.32. The molecule has 1 amide bonds. The number of carbonyl (C=O) groups is 1. The zero-order chi connectivity index (χ0) is 18.7. The monoisotopic (exact) mass is 387 g/mol. The Hall–Kier alpha value is -1.76. The van der Waals surface area contributed by atoms with Crippen LogP contribution in [0.3, 0.4) is 0 Å². The number of hydrogen-bond acceptors (Lipinski definition) is 5. The molecule has 1 aromatic carbocycles. The van der Waals surface area contributed by atoms with E-state index in [-0.39, 0.29) is 5.91 Å². The Morgan fingerprint density at radius 1 is 1.15 bits per heavy atom. The van der Waals surface area contributed by atoms with Gasteiger partial charge >= 0.3 is 0 Å². The zero-order valence-electron chi connectivity index (χ0n) is 15.8. The lowest BCUT2D eigenvalue weighted by atomic mass is 10.1. The maximum atomic E-state index is 13.1. The summed E-state index contributed by atoms with van der Waals surface area (Å²) in [5.74, 6) is 0.0422. The molecule has 4 nitrogen and oxygen atoms in total. The summed E-state index contributed by atoms with van der Waals surface area (Å²) in [7, 11) is 0. The molecule has 0 saturated carbocycles. The Balaban J connectivity index is 1.96. The molecular weight excluding hydrogens is 362 g/mol. The van der Waals surface area contributed by atoms with Crippen molar-refractivity contribution < 1.29 is 4.79 Å². The van der Waals surface area contributed by atoms with Gasteiger partial charge in [-0.2, -0.15) is 0 Å². The SMILES string of the molecule is CCN(CC)CCN(C(=O)c1cccs1)c1nc2c(C)cc(C)cc2s1. The van der Waals surface area contributed by atoms with Crippen molar-refractivity contribution in [3.8, 4) is 0 Å². The maximum Gasteiger partial charge on any atom is 0.270 e. The smallest absolute Gasteiger partial charge is 0.270 e. The topological polar surface area (TPSA) is 36.4 Å². The number of nitrogens with zero attached hydrogens (tertiary/aromatic N) is 3. The molecule has 3 rings (SSSR count). The zero-order valence-corrected chi connectivity index (χ0v) is 17.4. The predicted octanol–water partition coefficient (Wildman–Crippen LogP) is 4.96. The number of thiophene rings is 1. The Bertz CT molecular complexity index is 882. The lowest BCUT2D eigenvalue weighted by Gasteiger charge is -2.24. The number of aromatic nitrogens is 1. The molecule has 2 heterocycles. The average Bonchev–Trinajstić information content (AvgIpc) is 3.28. The van der Waals surface area contributed by atoms with Gasteiger partial charge < -0.3 is 4.90 Å². The first kappa shape index (κ1) is 19.0. The first-order valence-electron chi connectivity index (χ1n) is 8.99. The summed E-state index contributed by atoms with van der Waals surface area (Å²) < 4.78 is 1.14. The molecule has 0 atom stereocenters. The molecule has 0 aliphatic rings. The van der Waals surface area contributed by atoms with Crippen LogP contribution in [-0.2, 0) is 0 Å². The van der Waals surface area contributed by atoms with E-state index in [2.05, 4.69) is 44.7 Å². The van der Waals surface area contributed by atoms with Gasteiger partial charge in [-0.1, -0.05) is 37.3 Å². The molecular formula is C20H25N3OS2. The van der Waals surface area contributed by atoms with Gasteiger partial charge in [-0.25, -0.2) is 4.98 Å². The van der Waals surface area contributed by atoms with E-state index in [1.807, 2.05) is 22.4 Å². The molecule has 0 spiro atoms. The number of hydrogen-bond donors (Lipinski definition) is 0. The van der Waals surface area contributed by atoms with E-state index in [9.17, 15) is 4.79 Å². The second kappa shape index (κ2) is 8.29. The molecule has 0 unspecified atom stereocenters. The van der Waals surface area contributed by atoms with Crippen molar-refractivity contribution in [2.75, 3.05) is 31.1 Å². The molecule has 0 radical (unpaired) electrons. The number of benzene rings is 1. The second-order valence-corrected chi connectivity index (χ2v) is 8.34. The highest BCUT2D eigenvalue weighted by Gasteiger charge is 2.23. The van der Waals surface area contributed by atoms with Crippen LogP contribution < -0.4 is 4.90 Å². The molecule has 0 aliphatic carbocycles. The van der Waals surface area contributed by atoms with Crippen LogP contribution in [0, 0.1) is 13.8 Å². The third-order valence-corrected chi connectivity index (χ3v) is 6.44. The van der Waals surface area contributed by atoms with Crippen LogP contribution in [-0.4, -0.2) is 42.0 Å². The van der Waals surface area contributed by atoms with Crippen molar-refractivity contribution in [3.63, 3.8) is 0 Å². The van der Waals surface area contributed by atoms with Gasteiger partial charge in [0.15, 0.2) is 5.13 Å². The third-order valence-electron chi connectivity index (χ3n) is 4.56. The first-order chi connectivity index (χ1) is 12.5. The van der Waals surface area contributed by atoms with Gasteiger partial charge in [0.2, 0.25) is 0 Å². The number of likely N-dealkylation sites (N-methyl/N-ethyl adjacent to an activating group) is 1. The number of amides is 1. The van der Waals surface area contributed by atoms with Crippen LogP contribution >= 0.6 is 22.7 Å². The predicted molar refractivity (Wildman–Crippen MR) is 113 cm³/mol. The minimum Gasteiger partial charge on any atom is -0.302 e. The molecule has 3 aromatic rings. The van der Waals surface area contributed by atoms with Gasteiger partial charge in [0.05, 0.1) is 15.1 Å². The number of thiazole rings is 1. The van der Waals surface area contributed by atoms with Crippen molar-refractivity contribution in [3.05, 3.63) is 45.6 Å². The molecule has 26 heavy (non-hydrogen) atoms. The van der Waals surface area contributed by atoms with E-state index in [0.717, 1.165) is 45.4 Å². The van der Waals surface area contributed by atoms with Crippen molar-refractivity contribution >= 4 is 43.9 Å². The number of aryl methyl sites for hydroxylation is 2. The van der Waals surface area contributed by atoms with Crippen LogP contribution in [0.25, 0.3) is 10.2 Å². The minimum absolute atomic E-state index is 0.0422. The lowest BCUT2D eigenvalue weighted by Crippen LogP contribution is -2.38. The van der Waals surface area contributed by atoms with E-state index in [0.29, 0.717) is 6.54 Å². The summed E-state index contributed by atoms with van der Waals surface area (Å²) in [6.07, 6.45) is 0. The Morgan fingerprint density at radius 3 is 2.58 bits per heavy atom. The lowest BCUT2D eigenvalue weighted by molar-refractivity contribution is 0.0987. The van der Waals surface area contributed by atoms with E-state index >= 15 is 0 Å². The van der Waals surface area contributed by atoms with Gasteiger partial charge in [0, 0.05) is 13.1 Å². The Kier molecular flexibility index (Phi) is 6.06. The summed E-state index contributed by atoms with van der Waals surface area (Å²) in [6.45, 7) is 11.9. The van der Waals surface area contributed by atoms with Crippen LogP contribution in [0.1, 0.15) is 34.6 Å². The van der Waals surface area contributed by atoms with E-state index in [1.165, 1.54) is 16.9 Å². The van der Waals surface area contributed by atoms with Crippen molar-refractivity contribution in [1.82, 2.24) is 9.88 Å².